The number of allylic oxidation sites excluding steroid dienone is 6. The zero-order chi connectivity index (χ0) is 29.0. The lowest BCUT2D eigenvalue weighted by Gasteiger charge is -2.32. The number of rotatable bonds is 18. The summed E-state index contributed by atoms with van der Waals surface area (Å²) in [5.41, 5.74) is 6.41. The number of piperazine rings is 1. The molecule has 4 nitrogen and oxygen atoms in total. The van der Waals surface area contributed by atoms with Crippen LogP contribution < -0.4 is 0 Å². The average molecular weight is 667 g/mol. The summed E-state index contributed by atoms with van der Waals surface area (Å²) in [4.78, 5) is 10.2. The Labute approximate surface area is 263 Å². The van der Waals surface area contributed by atoms with Crippen LogP contribution in [0.15, 0.2) is 46.6 Å². The van der Waals surface area contributed by atoms with E-state index in [1.807, 2.05) is 0 Å². The Bertz CT molecular complexity index is 791. The van der Waals surface area contributed by atoms with Gasteiger partial charge in [0.1, 0.15) is 0 Å². The van der Waals surface area contributed by atoms with Crippen LogP contribution in [0.2, 0.25) is 0 Å². The van der Waals surface area contributed by atoms with Crippen molar-refractivity contribution in [2.45, 2.75) is 91.4 Å². The maximum atomic E-state index is 2.65. The Morgan fingerprint density at radius 3 is 1.68 bits per heavy atom. The Balaban J connectivity index is 1.79. The SMILES string of the molecule is CCCCC/C=C(\CC/C=C(/C)CN1CCCN(C)CC1)CC/C=C(/CI)CC/C=C(/C)CN1CCN(C)CC1. The molecule has 0 unspecified atom stereocenters. The van der Waals surface area contributed by atoms with Crippen molar-refractivity contribution >= 4 is 22.6 Å². The minimum atomic E-state index is 1.15. The molecule has 0 amide bonds. The highest BCUT2D eigenvalue weighted by molar-refractivity contribution is 14.1. The van der Waals surface area contributed by atoms with Crippen LogP contribution in [0, 0.1) is 0 Å². The summed E-state index contributed by atoms with van der Waals surface area (Å²) in [6.07, 6.45) is 24.0. The van der Waals surface area contributed by atoms with Crippen LogP contribution in [-0.4, -0.2) is 104 Å². The van der Waals surface area contributed by atoms with E-state index < -0.39 is 0 Å². The molecule has 0 radical (unpaired) electrons. The van der Waals surface area contributed by atoms with E-state index in [0.717, 1.165) is 17.5 Å². The molecule has 0 bridgehead atoms. The number of hydrogen-bond acceptors (Lipinski definition) is 4. The smallest absolute Gasteiger partial charge is 0.0205 e. The molecule has 0 N–H and O–H groups in total. The van der Waals surface area contributed by atoms with Crippen LogP contribution in [0.4, 0.5) is 0 Å². The van der Waals surface area contributed by atoms with Gasteiger partial charge in [0.15, 0.2) is 0 Å². The number of likely N-dealkylation sites (N-methyl/N-ethyl adjacent to an activating group) is 2. The fourth-order valence-electron chi connectivity index (χ4n) is 5.82. The van der Waals surface area contributed by atoms with Crippen molar-refractivity contribution in [2.24, 2.45) is 0 Å². The molecule has 5 heteroatoms. The first-order valence-corrected chi connectivity index (χ1v) is 18.0. The minimum absolute atomic E-state index is 1.15. The van der Waals surface area contributed by atoms with Gasteiger partial charge in [-0.1, -0.05) is 89.0 Å². The molecule has 0 aromatic rings. The van der Waals surface area contributed by atoms with Crippen molar-refractivity contribution in [3.8, 4) is 0 Å². The molecule has 0 atom stereocenters. The van der Waals surface area contributed by atoms with Crippen molar-refractivity contribution < 1.29 is 0 Å². The summed E-state index contributed by atoms with van der Waals surface area (Å²) in [5.74, 6) is 0. The van der Waals surface area contributed by atoms with E-state index in [-0.39, 0.29) is 0 Å². The third-order valence-electron chi connectivity index (χ3n) is 8.58. The molecule has 0 aromatic heterocycles. The molecule has 40 heavy (non-hydrogen) atoms. The third-order valence-corrected chi connectivity index (χ3v) is 9.56. The molecule has 0 aliphatic carbocycles. The maximum Gasteiger partial charge on any atom is 0.0205 e. The molecule has 0 saturated carbocycles. The standard InChI is InChI=1S/C35H63IN4/c1-6-7-8-9-16-34(17-10-14-32(2)30-39-22-13-21-37(4)23-26-39)18-12-20-35(29-36)19-11-15-33(3)31-40-27-24-38(5)25-28-40/h14-16,20H,6-13,17-19,21-31H2,1-5H3/b32-14-,33-15-,34-16+,35-20+. The number of unbranched alkanes of at least 4 members (excludes halogenated alkanes) is 3. The second-order valence-corrected chi connectivity index (χ2v) is 13.3. The van der Waals surface area contributed by atoms with Gasteiger partial charge in [-0.25, -0.2) is 0 Å². The van der Waals surface area contributed by atoms with Gasteiger partial charge in [0, 0.05) is 56.8 Å². The van der Waals surface area contributed by atoms with Gasteiger partial charge in [-0.05, 0) is 98.8 Å². The van der Waals surface area contributed by atoms with Crippen molar-refractivity contribution in [1.82, 2.24) is 19.6 Å². The summed E-state index contributed by atoms with van der Waals surface area (Å²) in [6.45, 7) is 19.0. The van der Waals surface area contributed by atoms with Gasteiger partial charge in [0.05, 0.1) is 0 Å². The number of halogens is 1. The Morgan fingerprint density at radius 2 is 1.10 bits per heavy atom. The molecular formula is C35H63IN4. The molecule has 2 heterocycles. The summed E-state index contributed by atoms with van der Waals surface area (Å²) < 4.78 is 1.16. The van der Waals surface area contributed by atoms with Crippen molar-refractivity contribution in [3.05, 3.63) is 46.6 Å². The van der Waals surface area contributed by atoms with Crippen LogP contribution in [-0.2, 0) is 0 Å². The quantitative estimate of drug-likeness (QED) is 0.0637. The van der Waals surface area contributed by atoms with Gasteiger partial charge < -0.3 is 9.80 Å². The Morgan fingerprint density at radius 1 is 0.600 bits per heavy atom. The van der Waals surface area contributed by atoms with Gasteiger partial charge in [0.2, 0.25) is 0 Å². The predicted octanol–water partition coefficient (Wildman–Crippen LogP) is 7.97. The van der Waals surface area contributed by atoms with Gasteiger partial charge >= 0.3 is 0 Å². The first-order valence-electron chi connectivity index (χ1n) is 16.4. The maximum absolute atomic E-state index is 2.65. The lowest BCUT2D eigenvalue weighted by Crippen LogP contribution is -2.44. The van der Waals surface area contributed by atoms with Crippen molar-refractivity contribution in [2.75, 3.05) is 84.0 Å². The number of nitrogens with zero attached hydrogens (tertiary/aromatic N) is 4. The molecule has 2 aliphatic heterocycles. The second-order valence-electron chi connectivity index (χ2n) is 12.6. The summed E-state index contributed by atoms with van der Waals surface area (Å²) in [7, 11) is 4.49. The van der Waals surface area contributed by atoms with E-state index in [1.165, 1.54) is 123 Å². The Kier molecular flexibility index (Phi) is 19.8. The van der Waals surface area contributed by atoms with Gasteiger partial charge in [0.25, 0.3) is 0 Å². The molecule has 0 spiro atoms. The summed E-state index contributed by atoms with van der Waals surface area (Å²) in [6, 6.07) is 0. The molecule has 2 aliphatic rings. The van der Waals surface area contributed by atoms with Crippen molar-refractivity contribution in [1.29, 1.82) is 0 Å². The fraction of sp³-hybridized carbons (Fsp3) is 0.771. The van der Waals surface area contributed by atoms with Crippen molar-refractivity contribution in [3.63, 3.8) is 0 Å². The zero-order valence-corrected chi connectivity index (χ0v) is 29.2. The Hall–Kier alpha value is -0.470. The van der Waals surface area contributed by atoms with Gasteiger partial charge in [-0.3, -0.25) is 9.80 Å². The second kappa shape index (κ2) is 22.1. The average Bonchev–Trinajstić information content (AvgIpc) is 3.14. The van der Waals surface area contributed by atoms with E-state index in [2.05, 4.69) is 101 Å². The first-order chi connectivity index (χ1) is 19.4. The van der Waals surface area contributed by atoms with Crippen LogP contribution in [0.25, 0.3) is 0 Å². The molecule has 2 fully saturated rings. The number of alkyl halides is 1. The predicted molar refractivity (Wildman–Crippen MR) is 187 cm³/mol. The highest BCUT2D eigenvalue weighted by atomic mass is 127. The summed E-state index contributed by atoms with van der Waals surface area (Å²) in [5, 5.41) is 0. The molecule has 230 valence electrons. The van der Waals surface area contributed by atoms with E-state index in [9.17, 15) is 0 Å². The van der Waals surface area contributed by atoms with Crippen LogP contribution in [0.3, 0.4) is 0 Å². The minimum Gasteiger partial charge on any atom is -0.305 e. The van der Waals surface area contributed by atoms with Crippen LogP contribution in [0.1, 0.15) is 91.4 Å². The monoisotopic (exact) mass is 666 g/mol. The van der Waals surface area contributed by atoms with E-state index in [0.29, 0.717) is 0 Å². The van der Waals surface area contributed by atoms with Crippen LogP contribution >= 0.6 is 22.6 Å². The number of hydrogen-bond donors (Lipinski definition) is 0. The van der Waals surface area contributed by atoms with E-state index in [1.54, 1.807) is 22.3 Å². The molecule has 2 rings (SSSR count). The third kappa shape index (κ3) is 16.8. The molecule has 0 aromatic carbocycles. The lowest BCUT2D eigenvalue weighted by atomic mass is 10.00. The van der Waals surface area contributed by atoms with Gasteiger partial charge in [-0.2, -0.15) is 0 Å². The highest BCUT2D eigenvalue weighted by Gasteiger charge is 2.14. The first kappa shape index (κ1) is 35.7. The zero-order valence-electron chi connectivity index (χ0n) is 27.0. The van der Waals surface area contributed by atoms with Crippen LogP contribution in [0.5, 0.6) is 0 Å². The van der Waals surface area contributed by atoms with Gasteiger partial charge in [-0.15, -0.1) is 0 Å². The van der Waals surface area contributed by atoms with E-state index >= 15 is 0 Å². The molecular weight excluding hydrogens is 603 g/mol. The topological polar surface area (TPSA) is 13.0 Å². The highest BCUT2D eigenvalue weighted by Crippen LogP contribution is 2.19. The normalized spacial score (nSPS) is 20.4. The molecule has 2 saturated heterocycles. The summed E-state index contributed by atoms with van der Waals surface area (Å²) >= 11 is 2.57. The fourth-order valence-corrected chi connectivity index (χ4v) is 6.51. The van der Waals surface area contributed by atoms with E-state index in [4.69, 9.17) is 0 Å². The largest absolute Gasteiger partial charge is 0.305 e. The lowest BCUT2D eigenvalue weighted by molar-refractivity contribution is 0.164.